The van der Waals surface area contributed by atoms with Gasteiger partial charge in [0.25, 0.3) is 0 Å². The monoisotopic (exact) mass is 310 g/mol. The Morgan fingerprint density at radius 2 is 1.87 bits per heavy atom. The highest BCUT2D eigenvalue weighted by Crippen LogP contribution is 2.25. The van der Waals surface area contributed by atoms with Crippen LogP contribution in [-0.2, 0) is 11.2 Å². The number of hydrogen-bond acceptors (Lipinski definition) is 2. The number of benzene rings is 2. The van der Waals surface area contributed by atoms with Crippen molar-refractivity contribution in [2.75, 3.05) is 6.61 Å². The standard InChI is InChI=1S/C21H26O2/c1-4-14-23-16(2)10-11-18-12-13-20(21(15-18)17(3)22)19-8-6-5-7-9-19/h5-9,12-13,15-16H,4,10-11,14H2,1-3H3. The minimum Gasteiger partial charge on any atom is -0.379 e. The van der Waals surface area contributed by atoms with Crippen molar-refractivity contribution in [1.29, 1.82) is 0 Å². The second kappa shape index (κ2) is 8.64. The summed E-state index contributed by atoms with van der Waals surface area (Å²) in [6.45, 7) is 6.68. The van der Waals surface area contributed by atoms with E-state index < -0.39 is 0 Å². The van der Waals surface area contributed by atoms with Crippen LogP contribution in [0.4, 0.5) is 0 Å². The maximum absolute atomic E-state index is 12.0. The molecule has 0 N–H and O–H groups in total. The molecule has 0 aliphatic rings. The van der Waals surface area contributed by atoms with Crippen molar-refractivity contribution in [3.05, 3.63) is 59.7 Å². The summed E-state index contributed by atoms with van der Waals surface area (Å²) in [6.07, 6.45) is 3.21. The Morgan fingerprint density at radius 3 is 2.52 bits per heavy atom. The van der Waals surface area contributed by atoms with Crippen molar-refractivity contribution in [3.8, 4) is 11.1 Å². The Hall–Kier alpha value is -1.93. The molecule has 0 heterocycles. The van der Waals surface area contributed by atoms with Gasteiger partial charge in [0, 0.05) is 12.2 Å². The van der Waals surface area contributed by atoms with Gasteiger partial charge in [0.1, 0.15) is 0 Å². The van der Waals surface area contributed by atoms with Gasteiger partial charge >= 0.3 is 0 Å². The van der Waals surface area contributed by atoms with Gasteiger partial charge < -0.3 is 4.74 Å². The molecular formula is C21H26O2. The molecule has 0 amide bonds. The fourth-order valence-electron chi connectivity index (χ4n) is 2.68. The summed E-state index contributed by atoms with van der Waals surface area (Å²) in [5.41, 5.74) is 4.10. The Balaban J connectivity index is 2.15. The Morgan fingerprint density at radius 1 is 1.13 bits per heavy atom. The summed E-state index contributed by atoms with van der Waals surface area (Å²) < 4.78 is 5.72. The normalized spacial score (nSPS) is 12.1. The van der Waals surface area contributed by atoms with Gasteiger partial charge in [-0.15, -0.1) is 0 Å². The van der Waals surface area contributed by atoms with Crippen LogP contribution in [0.5, 0.6) is 0 Å². The average Bonchev–Trinajstić information content (AvgIpc) is 2.58. The lowest BCUT2D eigenvalue weighted by molar-refractivity contribution is 0.0610. The van der Waals surface area contributed by atoms with Crippen molar-refractivity contribution in [2.24, 2.45) is 0 Å². The first-order chi connectivity index (χ1) is 11.1. The van der Waals surface area contributed by atoms with Gasteiger partial charge in [-0.05, 0) is 55.9 Å². The number of aryl methyl sites for hydroxylation is 1. The maximum Gasteiger partial charge on any atom is 0.160 e. The van der Waals surface area contributed by atoms with Gasteiger partial charge in [0.05, 0.1) is 6.10 Å². The fourth-order valence-corrected chi connectivity index (χ4v) is 2.68. The number of carbonyl (C=O) groups excluding carboxylic acids is 1. The lowest BCUT2D eigenvalue weighted by atomic mass is 9.94. The van der Waals surface area contributed by atoms with Crippen LogP contribution in [0.2, 0.25) is 0 Å². The molecule has 0 saturated heterocycles. The summed E-state index contributed by atoms with van der Waals surface area (Å²) >= 11 is 0. The molecule has 1 atom stereocenters. The Bertz CT molecular complexity index is 632. The highest BCUT2D eigenvalue weighted by Gasteiger charge is 2.11. The Labute approximate surface area is 139 Å². The average molecular weight is 310 g/mol. The minimum absolute atomic E-state index is 0.112. The predicted molar refractivity (Wildman–Crippen MR) is 95.9 cm³/mol. The van der Waals surface area contributed by atoms with E-state index in [1.54, 1.807) is 6.92 Å². The third-order valence-corrected chi connectivity index (χ3v) is 3.99. The van der Waals surface area contributed by atoms with Crippen LogP contribution in [0.1, 0.15) is 49.5 Å². The maximum atomic E-state index is 12.0. The second-order valence-corrected chi connectivity index (χ2v) is 6.02. The summed E-state index contributed by atoms with van der Waals surface area (Å²) in [5, 5.41) is 0. The lowest BCUT2D eigenvalue weighted by Gasteiger charge is -2.14. The van der Waals surface area contributed by atoms with Gasteiger partial charge in [-0.3, -0.25) is 4.79 Å². The molecular weight excluding hydrogens is 284 g/mol. The van der Waals surface area contributed by atoms with E-state index in [1.165, 1.54) is 5.56 Å². The third-order valence-electron chi connectivity index (χ3n) is 3.99. The van der Waals surface area contributed by atoms with E-state index in [0.29, 0.717) is 0 Å². The van der Waals surface area contributed by atoms with E-state index in [-0.39, 0.29) is 11.9 Å². The van der Waals surface area contributed by atoms with Crippen LogP contribution in [-0.4, -0.2) is 18.5 Å². The van der Waals surface area contributed by atoms with Crippen molar-refractivity contribution < 1.29 is 9.53 Å². The molecule has 23 heavy (non-hydrogen) atoms. The van der Waals surface area contributed by atoms with Crippen LogP contribution < -0.4 is 0 Å². The molecule has 0 spiro atoms. The van der Waals surface area contributed by atoms with Crippen LogP contribution in [0.25, 0.3) is 11.1 Å². The zero-order valence-electron chi connectivity index (χ0n) is 14.3. The first-order valence-electron chi connectivity index (χ1n) is 8.42. The summed E-state index contributed by atoms with van der Waals surface area (Å²) in [7, 11) is 0. The molecule has 1 unspecified atom stereocenters. The SMILES string of the molecule is CCCOC(C)CCc1ccc(-c2ccccc2)c(C(C)=O)c1. The van der Waals surface area contributed by atoms with Crippen molar-refractivity contribution in [2.45, 2.75) is 46.1 Å². The lowest BCUT2D eigenvalue weighted by Crippen LogP contribution is -2.10. The first kappa shape index (κ1) is 17.4. The van der Waals surface area contributed by atoms with Gasteiger partial charge in [0.15, 0.2) is 5.78 Å². The molecule has 2 aromatic carbocycles. The van der Waals surface area contributed by atoms with Crippen LogP contribution >= 0.6 is 0 Å². The van der Waals surface area contributed by atoms with E-state index in [2.05, 4.69) is 26.0 Å². The zero-order chi connectivity index (χ0) is 16.7. The molecule has 2 nitrogen and oxygen atoms in total. The van der Waals surface area contributed by atoms with Crippen LogP contribution in [0.15, 0.2) is 48.5 Å². The zero-order valence-corrected chi connectivity index (χ0v) is 14.3. The molecule has 2 heteroatoms. The second-order valence-electron chi connectivity index (χ2n) is 6.02. The molecule has 2 aromatic rings. The molecule has 0 fully saturated rings. The highest BCUT2D eigenvalue weighted by atomic mass is 16.5. The minimum atomic E-state index is 0.112. The quantitative estimate of drug-likeness (QED) is 0.618. The summed E-state index contributed by atoms with van der Waals surface area (Å²) in [4.78, 5) is 12.0. The molecule has 0 aromatic heterocycles. The molecule has 0 aliphatic heterocycles. The van der Waals surface area contributed by atoms with Crippen molar-refractivity contribution in [3.63, 3.8) is 0 Å². The molecule has 0 aliphatic carbocycles. The number of ketones is 1. The number of hydrogen-bond donors (Lipinski definition) is 0. The molecule has 0 radical (unpaired) electrons. The Kier molecular flexibility index (Phi) is 6.54. The third kappa shape index (κ3) is 5.04. The molecule has 2 rings (SSSR count). The van der Waals surface area contributed by atoms with Gasteiger partial charge in [0.2, 0.25) is 0 Å². The smallest absolute Gasteiger partial charge is 0.160 e. The molecule has 122 valence electrons. The topological polar surface area (TPSA) is 26.3 Å². The van der Waals surface area contributed by atoms with E-state index >= 15 is 0 Å². The summed E-state index contributed by atoms with van der Waals surface area (Å²) in [5.74, 6) is 0.112. The summed E-state index contributed by atoms with van der Waals surface area (Å²) in [6, 6.07) is 16.3. The predicted octanol–water partition coefficient (Wildman–Crippen LogP) is 5.30. The number of ether oxygens (including phenoxy) is 1. The first-order valence-corrected chi connectivity index (χ1v) is 8.42. The van der Waals surface area contributed by atoms with E-state index in [9.17, 15) is 4.79 Å². The number of Topliss-reactive ketones (excluding diaryl/α,β-unsaturated/α-hetero) is 1. The van der Waals surface area contributed by atoms with E-state index in [0.717, 1.165) is 42.6 Å². The van der Waals surface area contributed by atoms with Crippen molar-refractivity contribution >= 4 is 5.78 Å². The molecule has 0 bridgehead atoms. The van der Waals surface area contributed by atoms with Crippen LogP contribution in [0, 0.1) is 0 Å². The largest absolute Gasteiger partial charge is 0.379 e. The van der Waals surface area contributed by atoms with E-state index in [1.807, 2.05) is 36.4 Å². The van der Waals surface area contributed by atoms with Gasteiger partial charge in [-0.2, -0.15) is 0 Å². The highest BCUT2D eigenvalue weighted by molar-refractivity contribution is 6.01. The fraction of sp³-hybridized carbons (Fsp3) is 0.381. The molecule has 0 saturated carbocycles. The number of rotatable bonds is 8. The van der Waals surface area contributed by atoms with Gasteiger partial charge in [-0.1, -0.05) is 49.4 Å². The van der Waals surface area contributed by atoms with Gasteiger partial charge in [-0.25, -0.2) is 0 Å². The van der Waals surface area contributed by atoms with Crippen molar-refractivity contribution in [1.82, 2.24) is 0 Å². The van der Waals surface area contributed by atoms with Crippen LogP contribution in [0.3, 0.4) is 0 Å². The van der Waals surface area contributed by atoms with E-state index in [4.69, 9.17) is 4.74 Å². The number of carbonyl (C=O) groups is 1.